The number of Topliss-reactive ketones (excluding diaryl/α,β-unsaturated/α-hetero) is 1. The second-order valence-electron chi connectivity index (χ2n) is 8.73. The summed E-state index contributed by atoms with van der Waals surface area (Å²) in [5.74, 6) is 1.14. The summed E-state index contributed by atoms with van der Waals surface area (Å²) in [6, 6.07) is 18.8. The molecule has 0 N–H and O–H groups in total. The Morgan fingerprint density at radius 1 is 1.09 bits per heavy atom. The normalized spacial score (nSPS) is 22.4. The molecule has 1 heterocycles. The van der Waals surface area contributed by atoms with Crippen LogP contribution in [0.3, 0.4) is 0 Å². The fourth-order valence-corrected chi connectivity index (χ4v) is 4.29. The van der Waals surface area contributed by atoms with Crippen molar-refractivity contribution in [2.24, 2.45) is 5.92 Å². The Morgan fingerprint density at radius 3 is 2.50 bits per heavy atom. The summed E-state index contributed by atoms with van der Waals surface area (Å²) >= 11 is 0. The molecule has 32 heavy (non-hydrogen) atoms. The largest absolute Gasteiger partial charge is 0.454 e. The molecule has 6 nitrogen and oxygen atoms in total. The molecule has 1 amide bonds. The molecule has 4 rings (SSSR count). The number of para-hydroxylation sites is 1. The van der Waals surface area contributed by atoms with Gasteiger partial charge in [-0.25, -0.2) is 4.79 Å². The van der Waals surface area contributed by atoms with Gasteiger partial charge in [0.1, 0.15) is 18.1 Å². The minimum Gasteiger partial charge on any atom is -0.454 e. The molecule has 2 aromatic rings. The number of hydrogen-bond acceptors (Lipinski definition) is 5. The smallest absolute Gasteiger partial charge is 0.412 e. The van der Waals surface area contributed by atoms with Gasteiger partial charge in [0.25, 0.3) is 0 Å². The average molecular weight is 436 g/mol. The summed E-state index contributed by atoms with van der Waals surface area (Å²) in [4.78, 5) is 27.0. The van der Waals surface area contributed by atoms with Gasteiger partial charge in [-0.05, 0) is 56.4 Å². The Kier molecular flexibility index (Phi) is 6.61. The number of carbonyl (C=O) groups excluding carboxylic acids is 2. The Hall–Kier alpha value is -3.12. The van der Waals surface area contributed by atoms with E-state index in [1.807, 2.05) is 80.6 Å². The van der Waals surface area contributed by atoms with E-state index in [1.165, 1.54) is 0 Å². The Bertz CT molecular complexity index is 970. The quantitative estimate of drug-likeness (QED) is 0.632. The molecule has 0 saturated carbocycles. The van der Waals surface area contributed by atoms with Crippen molar-refractivity contribution in [2.75, 3.05) is 6.61 Å². The summed E-state index contributed by atoms with van der Waals surface area (Å²) in [7, 11) is 0. The molecule has 2 atom stereocenters. The Balaban J connectivity index is 1.43. The maximum atomic E-state index is 13.0. The van der Waals surface area contributed by atoms with E-state index in [0.29, 0.717) is 31.0 Å². The van der Waals surface area contributed by atoms with Crippen LogP contribution in [0.25, 0.3) is 0 Å². The number of hydrogen-bond donors (Lipinski definition) is 0. The minimum absolute atomic E-state index is 0.00670. The van der Waals surface area contributed by atoms with Gasteiger partial charge in [-0.2, -0.15) is 0 Å². The lowest BCUT2D eigenvalue weighted by Gasteiger charge is -2.34. The van der Waals surface area contributed by atoms with Gasteiger partial charge in [0, 0.05) is 6.42 Å². The molecular weight excluding hydrogens is 406 g/mol. The second-order valence-corrected chi connectivity index (χ2v) is 8.73. The first-order valence-corrected chi connectivity index (χ1v) is 11.0. The van der Waals surface area contributed by atoms with Gasteiger partial charge < -0.3 is 14.2 Å². The van der Waals surface area contributed by atoms with Crippen molar-refractivity contribution in [2.45, 2.75) is 51.5 Å². The topological polar surface area (TPSA) is 65.1 Å². The monoisotopic (exact) mass is 435 g/mol. The molecule has 0 aromatic heterocycles. The lowest BCUT2D eigenvalue weighted by Crippen LogP contribution is -2.48. The van der Waals surface area contributed by atoms with E-state index in [1.54, 1.807) is 4.90 Å². The van der Waals surface area contributed by atoms with Crippen LogP contribution in [-0.2, 0) is 20.9 Å². The zero-order valence-corrected chi connectivity index (χ0v) is 18.5. The highest BCUT2D eigenvalue weighted by molar-refractivity contribution is 5.94. The van der Waals surface area contributed by atoms with Crippen molar-refractivity contribution in [3.05, 3.63) is 78.1 Å². The summed E-state index contributed by atoms with van der Waals surface area (Å²) < 4.78 is 17.4. The lowest BCUT2D eigenvalue weighted by atomic mass is 9.88. The Labute approximate surface area is 188 Å². The molecule has 1 aliphatic heterocycles. The van der Waals surface area contributed by atoms with Crippen LogP contribution in [0.2, 0.25) is 0 Å². The third kappa shape index (κ3) is 5.19. The molecule has 1 fully saturated rings. The second kappa shape index (κ2) is 9.57. The van der Waals surface area contributed by atoms with Crippen LogP contribution in [0.1, 0.15) is 38.7 Å². The van der Waals surface area contributed by atoms with Gasteiger partial charge in [0.2, 0.25) is 0 Å². The van der Waals surface area contributed by atoms with Crippen LogP contribution in [0.4, 0.5) is 4.79 Å². The van der Waals surface area contributed by atoms with Gasteiger partial charge in [-0.3, -0.25) is 9.69 Å². The van der Waals surface area contributed by atoms with E-state index in [4.69, 9.17) is 14.2 Å². The maximum Gasteiger partial charge on any atom is 0.412 e. The minimum atomic E-state index is -0.754. The predicted molar refractivity (Wildman–Crippen MR) is 120 cm³/mol. The van der Waals surface area contributed by atoms with Crippen molar-refractivity contribution < 1.29 is 23.8 Å². The average Bonchev–Trinajstić information content (AvgIpc) is 3.09. The molecule has 6 heteroatoms. The van der Waals surface area contributed by atoms with E-state index < -0.39 is 11.8 Å². The van der Waals surface area contributed by atoms with Gasteiger partial charge in [-0.1, -0.05) is 48.5 Å². The van der Waals surface area contributed by atoms with E-state index in [-0.39, 0.29) is 24.3 Å². The molecule has 2 aliphatic rings. The first-order chi connectivity index (χ1) is 15.4. The number of nitrogens with zero attached hydrogens (tertiary/aromatic N) is 1. The molecule has 1 saturated heterocycles. The highest BCUT2D eigenvalue weighted by atomic mass is 16.6. The van der Waals surface area contributed by atoms with E-state index in [0.717, 1.165) is 12.0 Å². The van der Waals surface area contributed by atoms with E-state index >= 15 is 0 Å². The van der Waals surface area contributed by atoms with Crippen molar-refractivity contribution in [1.82, 2.24) is 4.90 Å². The Morgan fingerprint density at radius 2 is 1.78 bits per heavy atom. The summed E-state index contributed by atoms with van der Waals surface area (Å²) in [5, 5.41) is 0. The number of ether oxygens (including phenoxy) is 3. The zero-order valence-electron chi connectivity index (χ0n) is 18.5. The van der Waals surface area contributed by atoms with Crippen LogP contribution < -0.4 is 4.74 Å². The SMILES string of the molecule is CC1(C)OC[C@H](CC2C=C(Oc3ccccc3)C(=O)CC2)N1C(=O)OCc1ccccc1. The van der Waals surface area contributed by atoms with E-state index in [2.05, 4.69) is 0 Å². The molecule has 168 valence electrons. The first kappa shape index (κ1) is 22.1. The third-order valence-corrected chi connectivity index (χ3v) is 5.93. The van der Waals surface area contributed by atoms with Gasteiger partial charge in [0.05, 0.1) is 12.6 Å². The van der Waals surface area contributed by atoms with Crippen LogP contribution in [-0.4, -0.2) is 35.2 Å². The third-order valence-electron chi connectivity index (χ3n) is 5.93. The summed E-state index contributed by atoms with van der Waals surface area (Å²) in [6.07, 6.45) is 3.34. The van der Waals surface area contributed by atoms with Gasteiger partial charge >= 0.3 is 6.09 Å². The number of carbonyl (C=O) groups is 2. The maximum absolute atomic E-state index is 13.0. The van der Waals surface area contributed by atoms with Gasteiger partial charge in [-0.15, -0.1) is 0 Å². The zero-order chi connectivity index (χ0) is 22.6. The number of allylic oxidation sites excluding steroid dienone is 2. The highest BCUT2D eigenvalue weighted by Gasteiger charge is 2.45. The van der Waals surface area contributed by atoms with Crippen molar-refractivity contribution in [3.8, 4) is 5.75 Å². The number of ketones is 1. The van der Waals surface area contributed by atoms with Crippen LogP contribution in [0.5, 0.6) is 5.75 Å². The fraction of sp³-hybridized carbons (Fsp3) is 0.385. The fourth-order valence-electron chi connectivity index (χ4n) is 4.29. The molecule has 1 aliphatic carbocycles. The molecule has 0 bridgehead atoms. The first-order valence-electron chi connectivity index (χ1n) is 11.0. The molecule has 0 spiro atoms. The van der Waals surface area contributed by atoms with Gasteiger partial charge in [0.15, 0.2) is 11.5 Å². The molecular formula is C26H29NO5. The lowest BCUT2D eigenvalue weighted by molar-refractivity contribution is -0.118. The van der Waals surface area contributed by atoms with Crippen LogP contribution >= 0.6 is 0 Å². The summed E-state index contributed by atoms with van der Waals surface area (Å²) in [5.41, 5.74) is 0.183. The predicted octanol–water partition coefficient (Wildman–Crippen LogP) is 5.09. The van der Waals surface area contributed by atoms with Crippen molar-refractivity contribution >= 4 is 11.9 Å². The van der Waals surface area contributed by atoms with E-state index in [9.17, 15) is 9.59 Å². The van der Waals surface area contributed by atoms with Crippen LogP contribution in [0.15, 0.2) is 72.5 Å². The number of amides is 1. The highest BCUT2D eigenvalue weighted by Crippen LogP contribution is 2.34. The van der Waals surface area contributed by atoms with Crippen LogP contribution in [0, 0.1) is 5.92 Å². The molecule has 1 unspecified atom stereocenters. The number of rotatable bonds is 6. The molecule has 0 radical (unpaired) electrons. The molecule has 2 aromatic carbocycles. The number of benzene rings is 2. The standard InChI is InChI=1S/C26H29NO5/c1-26(2)27(25(29)30-17-19-9-5-3-6-10-19)21(18-31-26)15-20-13-14-23(28)24(16-20)32-22-11-7-4-8-12-22/h3-12,16,20-21H,13-15,17-18H2,1-2H3/t20?,21-/m0/s1. The van der Waals surface area contributed by atoms with Crippen molar-refractivity contribution in [3.63, 3.8) is 0 Å². The van der Waals surface area contributed by atoms with Crippen molar-refractivity contribution in [1.29, 1.82) is 0 Å². The summed E-state index contributed by atoms with van der Waals surface area (Å²) in [6.45, 7) is 4.40.